The summed E-state index contributed by atoms with van der Waals surface area (Å²) in [6.45, 7) is 7.43. The van der Waals surface area contributed by atoms with Crippen LogP contribution in [0.25, 0.3) is 0 Å². The molecule has 0 unspecified atom stereocenters. The standard InChI is InChI=1S/C23H36O3/c1-13-20-19(26-21(13)25-4)12-18-16-6-5-14-11-15(24)7-9-22(14,2)17(16)8-10-23(18,20)3/h5,13,15-21,24H,6-12H2,1-4H3/t13-,15-,16+,17-,18-,19-,20-,21-,22-,23-/m0/s1. The number of aliphatic hydroxyl groups excluding tert-OH is 1. The maximum atomic E-state index is 10.2. The molecule has 1 aliphatic heterocycles. The van der Waals surface area contributed by atoms with Crippen molar-refractivity contribution in [3.63, 3.8) is 0 Å². The van der Waals surface area contributed by atoms with Gasteiger partial charge in [0.25, 0.3) is 0 Å². The lowest BCUT2D eigenvalue weighted by Crippen LogP contribution is -2.51. The normalized spacial score (nSPS) is 58.4. The molecule has 3 nitrogen and oxygen atoms in total. The quantitative estimate of drug-likeness (QED) is 0.698. The van der Waals surface area contributed by atoms with Gasteiger partial charge in [-0.05, 0) is 79.4 Å². The molecule has 1 heterocycles. The van der Waals surface area contributed by atoms with E-state index in [1.165, 1.54) is 32.1 Å². The van der Waals surface area contributed by atoms with Crippen LogP contribution in [0, 0.1) is 40.4 Å². The molecule has 3 saturated carbocycles. The van der Waals surface area contributed by atoms with Gasteiger partial charge in [0.15, 0.2) is 6.29 Å². The largest absolute Gasteiger partial charge is 0.393 e. The van der Waals surface area contributed by atoms with E-state index in [0.717, 1.165) is 30.6 Å². The predicted octanol–water partition coefficient (Wildman–Crippen LogP) is 4.54. The van der Waals surface area contributed by atoms with Crippen LogP contribution in [0.3, 0.4) is 0 Å². The zero-order valence-electron chi connectivity index (χ0n) is 16.9. The zero-order chi connectivity index (χ0) is 18.3. The summed E-state index contributed by atoms with van der Waals surface area (Å²) in [5.74, 6) is 3.56. The summed E-state index contributed by atoms with van der Waals surface area (Å²) in [4.78, 5) is 0. The van der Waals surface area contributed by atoms with Crippen LogP contribution in [-0.4, -0.2) is 30.7 Å². The highest BCUT2D eigenvalue weighted by atomic mass is 16.7. The minimum Gasteiger partial charge on any atom is -0.393 e. The molecule has 5 aliphatic rings. The number of fused-ring (bicyclic) bond motifs is 7. The Kier molecular flexibility index (Phi) is 3.96. The van der Waals surface area contributed by atoms with E-state index in [4.69, 9.17) is 9.47 Å². The van der Waals surface area contributed by atoms with Crippen LogP contribution in [0.1, 0.15) is 65.7 Å². The molecule has 4 aliphatic carbocycles. The first kappa shape index (κ1) is 17.7. The van der Waals surface area contributed by atoms with Crippen molar-refractivity contribution >= 4 is 0 Å². The Hall–Kier alpha value is -0.380. The number of hydrogen-bond acceptors (Lipinski definition) is 3. The second kappa shape index (κ2) is 5.81. The summed E-state index contributed by atoms with van der Waals surface area (Å²) in [6.07, 6.45) is 11.1. The Labute approximate surface area is 158 Å². The van der Waals surface area contributed by atoms with Gasteiger partial charge in [0.1, 0.15) is 0 Å². The molecular formula is C23H36O3. The minimum atomic E-state index is -0.106. The topological polar surface area (TPSA) is 38.7 Å². The molecule has 1 saturated heterocycles. The molecule has 5 rings (SSSR count). The van der Waals surface area contributed by atoms with Crippen LogP contribution < -0.4 is 0 Å². The first-order valence-corrected chi connectivity index (χ1v) is 10.9. The number of ether oxygens (including phenoxy) is 2. The van der Waals surface area contributed by atoms with Crippen LogP contribution in [-0.2, 0) is 9.47 Å². The average molecular weight is 361 g/mol. The Morgan fingerprint density at radius 2 is 2.00 bits per heavy atom. The van der Waals surface area contributed by atoms with Gasteiger partial charge >= 0.3 is 0 Å². The number of methoxy groups -OCH3 is 1. The monoisotopic (exact) mass is 360 g/mol. The van der Waals surface area contributed by atoms with E-state index in [1.807, 2.05) is 0 Å². The van der Waals surface area contributed by atoms with Crippen LogP contribution >= 0.6 is 0 Å². The molecule has 0 spiro atoms. The molecule has 0 aromatic carbocycles. The average Bonchev–Trinajstić information content (AvgIpc) is 3.09. The fourth-order valence-corrected chi connectivity index (χ4v) is 8.48. The summed E-state index contributed by atoms with van der Waals surface area (Å²) < 4.78 is 12.0. The van der Waals surface area contributed by atoms with Crippen molar-refractivity contribution in [1.82, 2.24) is 0 Å². The molecule has 1 N–H and O–H groups in total. The van der Waals surface area contributed by atoms with Gasteiger partial charge in [0.05, 0.1) is 12.2 Å². The van der Waals surface area contributed by atoms with E-state index in [0.29, 0.717) is 28.8 Å². The van der Waals surface area contributed by atoms with Gasteiger partial charge < -0.3 is 14.6 Å². The zero-order valence-corrected chi connectivity index (χ0v) is 16.9. The fourth-order valence-electron chi connectivity index (χ4n) is 8.48. The second-order valence-corrected chi connectivity index (χ2v) is 10.6. The highest BCUT2D eigenvalue weighted by Crippen LogP contribution is 2.69. The fraction of sp³-hybridized carbons (Fsp3) is 0.913. The lowest BCUT2D eigenvalue weighted by atomic mass is 9.47. The van der Waals surface area contributed by atoms with Crippen molar-refractivity contribution in [2.45, 2.75) is 84.2 Å². The second-order valence-electron chi connectivity index (χ2n) is 10.6. The Morgan fingerprint density at radius 3 is 2.77 bits per heavy atom. The summed E-state index contributed by atoms with van der Waals surface area (Å²) in [6, 6.07) is 0. The Bertz CT molecular complexity index is 615. The lowest BCUT2D eigenvalue weighted by Gasteiger charge is -2.58. The van der Waals surface area contributed by atoms with Crippen LogP contribution in [0.5, 0.6) is 0 Å². The van der Waals surface area contributed by atoms with E-state index in [9.17, 15) is 5.11 Å². The van der Waals surface area contributed by atoms with Gasteiger partial charge in [-0.1, -0.05) is 32.4 Å². The highest BCUT2D eigenvalue weighted by molar-refractivity contribution is 5.26. The number of aliphatic hydroxyl groups is 1. The third-order valence-electron chi connectivity index (χ3n) is 9.70. The molecule has 0 amide bonds. The first-order valence-electron chi connectivity index (χ1n) is 10.9. The maximum Gasteiger partial charge on any atom is 0.160 e. The number of allylic oxidation sites excluding steroid dienone is 1. The summed E-state index contributed by atoms with van der Waals surface area (Å²) in [5.41, 5.74) is 2.32. The minimum absolute atomic E-state index is 0.00398. The van der Waals surface area contributed by atoms with E-state index in [1.54, 1.807) is 12.7 Å². The molecule has 26 heavy (non-hydrogen) atoms. The molecule has 3 heteroatoms. The summed E-state index contributed by atoms with van der Waals surface area (Å²) in [7, 11) is 1.80. The molecule has 4 fully saturated rings. The summed E-state index contributed by atoms with van der Waals surface area (Å²) >= 11 is 0. The van der Waals surface area contributed by atoms with Crippen molar-refractivity contribution < 1.29 is 14.6 Å². The third kappa shape index (κ3) is 2.17. The van der Waals surface area contributed by atoms with Crippen molar-refractivity contribution in [2.75, 3.05) is 7.11 Å². The molecule has 0 aromatic rings. The van der Waals surface area contributed by atoms with Crippen molar-refractivity contribution in [3.05, 3.63) is 11.6 Å². The molecular weight excluding hydrogens is 324 g/mol. The van der Waals surface area contributed by atoms with E-state index >= 15 is 0 Å². The third-order valence-corrected chi connectivity index (χ3v) is 9.70. The molecule has 0 aromatic heterocycles. The van der Waals surface area contributed by atoms with Crippen LogP contribution in [0.2, 0.25) is 0 Å². The SMILES string of the molecule is CO[C@H]1O[C@H]2C[C@H]3[C@@H]4CC=C5C[C@@H](O)CC[C@]5(C)[C@H]4CC[C@]3(C)[C@H]2[C@@H]1C. The van der Waals surface area contributed by atoms with Crippen molar-refractivity contribution in [2.24, 2.45) is 40.4 Å². The maximum absolute atomic E-state index is 10.2. The Morgan fingerprint density at radius 1 is 1.19 bits per heavy atom. The van der Waals surface area contributed by atoms with Crippen LogP contribution in [0.4, 0.5) is 0 Å². The van der Waals surface area contributed by atoms with Crippen molar-refractivity contribution in [1.29, 1.82) is 0 Å². The van der Waals surface area contributed by atoms with Gasteiger partial charge in [0, 0.05) is 13.0 Å². The first-order chi connectivity index (χ1) is 12.4. The molecule has 10 atom stereocenters. The number of rotatable bonds is 1. The van der Waals surface area contributed by atoms with E-state index in [-0.39, 0.29) is 12.4 Å². The van der Waals surface area contributed by atoms with Gasteiger partial charge in [-0.25, -0.2) is 0 Å². The van der Waals surface area contributed by atoms with Gasteiger partial charge in [-0.2, -0.15) is 0 Å². The van der Waals surface area contributed by atoms with E-state index in [2.05, 4.69) is 26.8 Å². The predicted molar refractivity (Wildman–Crippen MR) is 101 cm³/mol. The van der Waals surface area contributed by atoms with Crippen molar-refractivity contribution in [3.8, 4) is 0 Å². The van der Waals surface area contributed by atoms with Gasteiger partial charge in [-0.15, -0.1) is 0 Å². The lowest BCUT2D eigenvalue weighted by molar-refractivity contribution is -0.137. The van der Waals surface area contributed by atoms with Gasteiger partial charge in [-0.3, -0.25) is 0 Å². The molecule has 0 radical (unpaired) electrons. The highest BCUT2D eigenvalue weighted by Gasteiger charge is 2.65. The van der Waals surface area contributed by atoms with Gasteiger partial charge in [0.2, 0.25) is 0 Å². The van der Waals surface area contributed by atoms with E-state index < -0.39 is 0 Å². The number of hydrogen-bond donors (Lipinski definition) is 1. The Balaban J connectivity index is 1.46. The summed E-state index contributed by atoms with van der Waals surface area (Å²) in [5, 5.41) is 10.2. The molecule has 146 valence electrons. The smallest absolute Gasteiger partial charge is 0.160 e. The molecule has 0 bridgehead atoms. The van der Waals surface area contributed by atoms with Crippen LogP contribution in [0.15, 0.2) is 11.6 Å².